The summed E-state index contributed by atoms with van der Waals surface area (Å²) in [6.45, 7) is 6.05. The summed E-state index contributed by atoms with van der Waals surface area (Å²) in [5.41, 5.74) is 0. The fraction of sp³-hybridized carbons (Fsp3) is 0.345. The molecular formula is C110H146O27Si4Sr4Ti2. The molecule has 0 saturated carbocycles. The third-order valence-corrected chi connectivity index (χ3v) is 32.4. The molecule has 2 aliphatic heterocycles. The normalized spacial score (nSPS) is 10.6. The second kappa shape index (κ2) is 118. The Bertz CT molecular complexity index is 3500. The monoisotopic (exact) mass is 2460 g/mol. The van der Waals surface area contributed by atoms with Crippen LogP contribution in [-0.4, -0.2) is 445 Å². The van der Waals surface area contributed by atoms with Crippen LogP contribution in [-0.2, 0) is 106 Å². The molecule has 0 aliphatic carbocycles. The molecule has 2 aliphatic rings. The van der Waals surface area contributed by atoms with Crippen LogP contribution in [0.15, 0.2) is 364 Å². The summed E-state index contributed by atoms with van der Waals surface area (Å²) in [5.74, 6) is 0. The smallest absolute Gasteiger partial charge is 2.00 e. The van der Waals surface area contributed by atoms with Gasteiger partial charge in [0, 0.05) is 164 Å². The largest absolute Gasteiger partial charge is 4.00 e. The molecule has 2 fully saturated rings. The standard InChI is InChI=1S/4C18H15OSi.2C4H8O.10C3H7O2.O.4Sr.2Ti/c4*19-20(16-10-4-1-5-11-16,17-12-6-2-7-13-17)18-14-8-3-9-15-18;2*1-2-4-5-3-1;10*1-5-3-2-4;;;;;;;/h4*1-15H;2*1-4H2;10*2-3H2,1H3;;;;;;;/q4*-1;;;10*-1;-2;4*+2;2*+4. The molecule has 14 rings (SSSR count). The average Bonchev–Trinajstić information content (AvgIpc) is 1.77. The van der Waals surface area contributed by atoms with Crippen molar-refractivity contribution in [3.8, 4) is 0 Å². The van der Waals surface area contributed by atoms with Crippen molar-refractivity contribution in [2.75, 3.05) is 230 Å². The molecule has 0 aromatic heterocycles. The molecule has 0 N–H and O–H groups in total. The first-order valence-electron chi connectivity index (χ1n) is 45.8. The van der Waals surface area contributed by atoms with Crippen molar-refractivity contribution in [3.63, 3.8) is 0 Å². The van der Waals surface area contributed by atoms with E-state index >= 15 is 0 Å². The van der Waals surface area contributed by atoms with Crippen molar-refractivity contribution >= 4 is 277 Å². The van der Waals surface area contributed by atoms with E-state index in [-0.39, 0.29) is 297 Å². The topological polar surface area (TPSA) is 462 Å². The molecule has 0 spiro atoms. The van der Waals surface area contributed by atoms with E-state index in [4.69, 9.17) is 9.47 Å². The van der Waals surface area contributed by atoms with Crippen molar-refractivity contribution in [2.45, 2.75) is 25.7 Å². The quantitative estimate of drug-likeness (QED) is 0.0280. The molecule has 12 aromatic rings. The Hall–Kier alpha value is -2.22. The summed E-state index contributed by atoms with van der Waals surface area (Å²) < 4.78 is 53.7. The Kier molecular flexibility index (Phi) is 130. The molecule has 147 heavy (non-hydrogen) atoms. The molecule has 2 heterocycles. The van der Waals surface area contributed by atoms with E-state index in [0.717, 1.165) is 88.7 Å². The number of rotatable bonds is 32. The Morgan fingerprint density at radius 1 is 0.170 bits per heavy atom. The van der Waals surface area contributed by atoms with Gasteiger partial charge in [-0.25, -0.2) is 0 Å². The van der Waals surface area contributed by atoms with Crippen LogP contribution in [0.25, 0.3) is 0 Å². The third kappa shape index (κ3) is 75.4. The first-order valence-corrected chi connectivity index (χ1v) is 53.4. The van der Waals surface area contributed by atoms with Gasteiger partial charge in [-0.2, -0.15) is 0 Å². The van der Waals surface area contributed by atoms with Crippen molar-refractivity contribution in [1.29, 1.82) is 0 Å². The minimum atomic E-state index is -3.13. The van der Waals surface area contributed by atoms with Crippen LogP contribution in [0.3, 0.4) is 0 Å². The van der Waals surface area contributed by atoms with E-state index in [9.17, 15) is 70.2 Å². The molecule has 0 bridgehead atoms. The van der Waals surface area contributed by atoms with Gasteiger partial charge in [0.15, 0.2) is 0 Å². The summed E-state index contributed by atoms with van der Waals surface area (Å²) in [5, 5.41) is 105. The van der Waals surface area contributed by atoms with E-state index in [1.807, 2.05) is 364 Å². The Balaban J connectivity index is -0.000000206. The van der Waals surface area contributed by atoms with Gasteiger partial charge in [-0.3, -0.25) is 0 Å². The van der Waals surface area contributed by atoms with Gasteiger partial charge in [0.1, 0.15) is 0 Å². The van der Waals surface area contributed by atoms with Gasteiger partial charge < -0.3 is 133 Å². The van der Waals surface area contributed by atoms with Gasteiger partial charge in [0.25, 0.3) is 0 Å². The van der Waals surface area contributed by atoms with Gasteiger partial charge in [0.2, 0.25) is 0 Å². The molecule has 2 saturated heterocycles. The first kappa shape index (κ1) is 162. The van der Waals surface area contributed by atoms with E-state index in [0.29, 0.717) is 66.1 Å². The fourth-order valence-electron chi connectivity index (χ4n) is 11.9. The second-order valence-electron chi connectivity index (χ2n) is 28.7. The van der Waals surface area contributed by atoms with Crippen LogP contribution in [0.4, 0.5) is 0 Å². The SMILES string of the molecule is C1CCOC1.C1CCOC1.COCC[O-].COCC[O-].COCC[O-].COCC[O-].COCC[O-].COCC[O-].COCC[O-].COCC[O-].COCC[O-].COCC[O-].[O-2].[O-][Si](c1ccccc1)(c1ccccc1)c1ccccc1.[O-][Si](c1ccccc1)(c1ccccc1)c1ccccc1.[O-][Si](c1ccccc1)(c1ccccc1)c1ccccc1.[O-][Si](c1ccccc1)(c1ccccc1)c1ccccc1.[Sr+2].[Sr+2].[Sr+2].[Sr+2].[Ti+4].[Ti+4]. The summed E-state index contributed by atoms with van der Waals surface area (Å²) >= 11 is 0. The van der Waals surface area contributed by atoms with Crippen LogP contribution < -0.4 is 132 Å². The zero-order chi connectivity index (χ0) is 104. The van der Waals surface area contributed by atoms with Crippen LogP contribution in [0.1, 0.15) is 25.7 Å². The molecule has 27 nitrogen and oxygen atoms in total. The van der Waals surface area contributed by atoms with Gasteiger partial charge in [-0.05, 0) is 25.7 Å². The van der Waals surface area contributed by atoms with Gasteiger partial charge in [-0.15, -0.1) is 66.1 Å². The maximum Gasteiger partial charge on any atom is 4.00 e. The average molecular weight is 2460 g/mol. The van der Waals surface area contributed by atoms with Crippen molar-refractivity contribution in [2.24, 2.45) is 0 Å². The Morgan fingerprint density at radius 2 is 0.245 bits per heavy atom. The molecule has 780 valence electrons. The van der Waals surface area contributed by atoms with E-state index < -0.39 is 33.3 Å². The van der Waals surface area contributed by atoms with E-state index in [1.54, 1.807) is 0 Å². The Morgan fingerprint density at radius 3 is 0.286 bits per heavy atom. The molecule has 0 unspecified atom stereocenters. The molecule has 0 atom stereocenters. The molecule has 12 aromatic carbocycles. The molecular weight excluding hydrogens is 2310 g/mol. The third-order valence-electron chi connectivity index (χ3n) is 18.7. The zero-order valence-electron chi connectivity index (χ0n) is 87.3. The summed E-state index contributed by atoms with van der Waals surface area (Å²) in [4.78, 5) is 55.4. The predicted octanol–water partition coefficient (Wildman–Crippen LogP) is -6.07. The van der Waals surface area contributed by atoms with E-state index in [2.05, 4.69) is 47.4 Å². The van der Waals surface area contributed by atoms with Gasteiger partial charge >= 0.3 is 225 Å². The van der Waals surface area contributed by atoms with Crippen LogP contribution in [0, 0.1) is 0 Å². The number of hydrogen-bond donors (Lipinski definition) is 0. The minimum absolute atomic E-state index is 0. The van der Waals surface area contributed by atoms with Gasteiger partial charge in [0.05, 0.1) is 33.3 Å². The number of benzene rings is 12. The minimum Gasteiger partial charge on any atom is -2.00 e. The predicted molar refractivity (Wildman–Crippen MR) is 567 cm³/mol. The number of ether oxygens (including phenoxy) is 12. The first-order chi connectivity index (χ1) is 68.4. The van der Waals surface area contributed by atoms with Crippen LogP contribution in [0.5, 0.6) is 0 Å². The number of hydrogen-bond acceptors (Lipinski definition) is 26. The fourth-order valence-corrected chi connectivity index (χ4v) is 23.9. The molecule has 0 radical (unpaired) electrons. The van der Waals surface area contributed by atoms with Crippen molar-refractivity contribution in [1.82, 2.24) is 0 Å². The Labute approximate surface area is 1060 Å². The maximum atomic E-state index is 13.8. The zero-order valence-corrected chi connectivity index (χ0v) is 108. The van der Waals surface area contributed by atoms with Gasteiger partial charge in [-0.1, -0.05) is 426 Å². The van der Waals surface area contributed by atoms with Crippen molar-refractivity contribution < 1.29 is 176 Å². The van der Waals surface area contributed by atoms with Crippen LogP contribution >= 0.6 is 0 Å². The van der Waals surface area contributed by atoms with E-state index in [1.165, 1.54) is 96.8 Å². The maximum absolute atomic E-state index is 13.8. The second-order valence-corrected chi connectivity index (χ2v) is 41.1. The van der Waals surface area contributed by atoms with Crippen LogP contribution in [0.2, 0.25) is 0 Å². The van der Waals surface area contributed by atoms with Crippen molar-refractivity contribution in [3.05, 3.63) is 364 Å². The number of methoxy groups -OCH3 is 10. The molecule has 37 heteroatoms. The molecule has 0 amide bonds. The summed E-state index contributed by atoms with van der Waals surface area (Å²) in [6.07, 6.45) is 5.11. The summed E-state index contributed by atoms with van der Waals surface area (Å²) in [6, 6.07) is 117. The summed E-state index contributed by atoms with van der Waals surface area (Å²) in [7, 11) is 2.61.